The number of carboxylic acid groups (broad SMARTS) is 1. The highest BCUT2D eigenvalue weighted by molar-refractivity contribution is 7.15. The number of carboxylic acids is 1. The zero-order valence-corrected chi connectivity index (χ0v) is 20.8. The molecule has 4 nitrogen and oxygen atoms in total. The first-order chi connectivity index (χ1) is 16.0. The summed E-state index contributed by atoms with van der Waals surface area (Å²) >= 11 is 1.19. The first kappa shape index (κ1) is 29.1. The summed E-state index contributed by atoms with van der Waals surface area (Å²) in [6, 6.07) is 7.86. The third kappa shape index (κ3) is 7.83. The summed E-state index contributed by atoms with van der Waals surface area (Å²) < 4.78 is 57.8. The van der Waals surface area contributed by atoms with Crippen LogP contribution in [0.1, 0.15) is 55.0 Å². The molecule has 1 N–H and O–H groups in total. The van der Waals surface area contributed by atoms with Gasteiger partial charge < -0.3 is 9.84 Å². The number of nitrogens with zero attached hydrogens (tertiary/aromatic N) is 1. The maximum atomic E-state index is 13.9. The highest BCUT2D eigenvalue weighted by Gasteiger charge is 2.34. The number of hydrogen-bond donors (Lipinski definition) is 1. The molecule has 0 radical (unpaired) electrons. The van der Waals surface area contributed by atoms with Gasteiger partial charge in [-0.1, -0.05) is 39.8 Å². The van der Waals surface area contributed by atoms with E-state index in [1.54, 1.807) is 25.1 Å². The van der Waals surface area contributed by atoms with E-state index in [1.165, 1.54) is 17.4 Å². The summed E-state index contributed by atoms with van der Waals surface area (Å²) in [6.45, 7) is 11.7. The molecular formula is C25H29F4NO3S. The Morgan fingerprint density at radius 2 is 1.71 bits per heavy atom. The van der Waals surface area contributed by atoms with Gasteiger partial charge in [0.25, 0.3) is 0 Å². The Kier molecular flexibility index (Phi) is 11.2. The second kappa shape index (κ2) is 13.1. The largest absolute Gasteiger partial charge is 0.488 e. The molecule has 3 aromatic rings. The standard InChI is InChI=1S/C21H17F4NO3S.2C2H6/c1-11-3-5-15(7-14(11)9-19(27)28)29-10-18-12(2)26-20(30-18)13-4-6-16(17(22)8-13)21(23,24)25;2*1-2/h3-8H,9-10H2,1-2H3,(H,27,28);2*1-2H3. The van der Waals surface area contributed by atoms with Gasteiger partial charge >= 0.3 is 12.1 Å². The van der Waals surface area contributed by atoms with Crippen LogP contribution in [0.2, 0.25) is 0 Å². The number of aliphatic carboxylic acids is 1. The second-order valence-electron chi connectivity index (χ2n) is 6.67. The minimum atomic E-state index is -4.76. The quantitative estimate of drug-likeness (QED) is 0.351. The summed E-state index contributed by atoms with van der Waals surface area (Å²) in [7, 11) is 0. The molecule has 186 valence electrons. The van der Waals surface area contributed by atoms with Gasteiger partial charge in [-0.3, -0.25) is 4.79 Å². The van der Waals surface area contributed by atoms with Crippen molar-refractivity contribution in [3.8, 4) is 16.3 Å². The first-order valence-electron chi connectivity index (χ1n) is 10.8. The van der Waals surface area contributed by atoms with E-state index in [2.05, 4.69) is 4.98 Å². The van der Waals surface area contributed by atoms with E-state index in [4.69, 9.17) is 9.84 Å². The minimum Gasteiger partial charge on any atom is -0.488 e. The molecule has 0 saturated heterocycles. The van der Waals surface area contributed by atoms with Crippen LogP contribution >= 0.6 is 11.3 Å². The molecule has 0 spiro atoms. The van der Waals surface area contributed by atoms with Gasteiger partial charge in [-0.2, -0.15) is 13.2 Å². The van der Waals surface area contributed by atoms with Gasteiger partial charge in [-0.05, 0) is 49.2 Å². The maximum absolute atomic E-state index is 13.9. The molecule has 0 saturated carbocycles. The average Bonchev–Trinajstić information content (AvgIpc) is 3.16. The van der Waals surface area contributed by atoms with Crippen LogP contribution in [0.15, 0.2) is 36.4 Å². The van der Waals surface area contributed by atoms with E-state index in [-0.39, 0.29) is 18.6 Å². The second-order valence-corrected chi connectivity index (χ2v) is 7.75. The summed E-state index contributed by atoms with van der Waals surface area (Å²) in [5.41, 5.74) is 1.03. The van der Waals surface area contributed by atoms with E-state index >= 15 is 0 Å². The molecule has 0 aliphatic carbocycles. The van der Waals surface area contributed by atoms with Crippen molar-refractivity contribution in [1.29, 1.82) is 0 Å². The summed E-state index contributed by atoms with van der Waals surface area (Å²) in [5, 5.41) is 9.37. The van der Waals surface area contributed by atoms with Crippen LogP contribution in [-0.2, 0) is 24.0 Å². The first-order valence-corrected chi connectivity index (χ1v) is 11.6. The number of halogens is 4. The van der Waals surface area contributed by atoms with Crippen LogP contribution in [0.3, 0.4) is 0 Å². The summed E-state index contributed by atoms with van der Waals surface area (Å²) in [6.07, 6.45) is -4.87. The van der Waals surface area contributed by atoms with Gasteiger partial charge in [0.2, 0.25) is 0 Å². The molecule has 0 bridgehead atoms. The highest BCUT2D eigenvalue weighted by atomic mass is 32.1. The van der Waals surface area contributed by atoms with Crippen molar-refractivity contribution < 1.29 is 32.2 Å². The molecule has 0 unspecified atom stereocenters. The Balaban J connectivity index is 0.00000137. The minimum absolute atomic E-state index is 0.119. The number of alkyl halides is 3. The number of thiazole rings is 1. The maximum Gasteiger partial charge on any atom is 0.419 e. The van der Waals surface area contributed by atoms with Crippen molar-refractivity contribution in [2.45, 2.75) is 60.7 Å². The molecule has 0 amide bonds. The van der Waals surface area contributed by atoms with Crippen LogP contribution in [0.25, 0.3) is 10.6 Å². The third-order valence-corrected chi connectivity index (χ3v) is 5.63. The third-order valence-electron chi connectivity index (χ3n) is 4.45. The van der Waals surface area contributed by atoms with E-state index < -0.39 is 23.5 Å². The molecule has 1 heterocycles. The van der Waals surface area contributed by atoms with Crippen molar-refractivity contribution in [2.24, 2.45) is 0 Å². The molecule has 0 aliphatic heterocycles. The molecule has 1 aromatic heterocycles. The average molecular weight is 500 g/mol. The lowest BCUT2D eigenvalue weighted by Crippen LogP contribution is -2.07. The Labute approximate surface area is 201 Å². The fraction of sp³-hybridized carbons (Fsp3) is 0.360. The number of rotatable bonds is 6. The van der Waals surface area contributed by atoms with Gasteiger partial charge in [0.1, 0.15) is 23.2 Å². The number of carbonyl (C=O) groups is 1. The number of aryl methyl sites for hydroxylation is 2. The highest BCUT2D eigenvalue weighted by Crippen LogP contribution is 2.35. The summed E-state index contributed by atoms with van der Waals surface area (Å²) in [4.78, 5) is 16.0. The number of aromatic nitrogens is 1. The number of ether oxygens (including phenoxy) is 1. The van der Waals surface area contributed by atoms with E-state index in [0.29, 0.717) is 28.1 Å². The Bertz CT molecular complexity index is 1090. The Hall–Kier alpha value is -2.94. The predicted molar refractivity (Wildman–Crippen MR) is 127 cm³/mol. The van der Waals surface area contributed by atoms with Gasteiger partial charge in [0, 0.05) is 5.56 Å². The van der Waals surface area contributed by atoms with E-state index in [9.17, 15) is 22.4 Å². The van der Waals surface area contributed by atoms with Crippen LogP contribution in [0.5, 0.6) is 5.75 Å². The molecule has 9 heteroatoms. The summed E-state index contributed by atoms with van der Waals surface area (Å²) in [5.74, 6) is -1.80. The zero-order chi connectivity index (χ0) is 26.1. The van der Waals surface area contributed by atoms with Crippen molar-refractivity contribution in [2.75, 3.05) is 0 Å². The van der Waals surface area contributed by atoms with E-state index in [1.807, 2.05) is 34.6 Å². The Morgan fingerprint density at radius 1 is 1.06 bits per heavy atom. The topological polar surface area (TPSA) is 59.4 Å². The lowest BCUT2D eigenvalue weighted by molar-refractivity contribution is -0.140. The molecule has 3 rings (SSSR count). The lowest BCUT2D eigenvalue weighted by Gasteiger charge is -2.09. The van der Waals surface area contributed by atoms with Crippen LogP contribution in [-0.4, -0.2) is 16.1 Å². The molecular weight excluding hydrogens is 470 g/mol. The fourth-order valence-electron chi connectivity index (χ4n) is 2.80. The molecule has 0 aliphatic rings. The smallest absolute Gasteiger partial charge is 0.419 e. The monoisotopic (exact) mass is 499 g/mol. The molecule has 34 heavy (non-hydrogen) atoms. The van der Waals surface area contributed by atoms with Crippen molar-refractivity contribution in [1.82, 2.24) is 4.98 Å². The normalized spacial score (nSPS) is 10.5. The molecule has 2 aromatic carbocycles. The number of hydrogen-bond acceptors (Lipinski definition) is 4. The van der Waals surface area contributed by atoms with Crippen LogP contribution in [0.4, 0.5) is 17.6 Å². The Morgan fingerprint density at radius 3 is 2.26 bits per heavy atom. The van der Waals surface area contributed by atoms with Crippen molar-refractivity contribution in [3.63, 3.8) is 0 Å². The van der Waals surface area contributed by atoms with Crippen LogP contribution < -0.4 is 4.74 Å². The van der Waals surface area contributed by atoms with Crippen molar-refractivity contribution in [3.05, 3.63) is 69.5 Å². The van der Waals surface area contributed by atoms with Crippen LogP contribution in [0, 0.1) is 19.7 Å². The van der Waals surface area contributed by atoms with Gasteiger partial charge in [0.05, 0.1) is 22.6 Å². The van der Waals surface area contributed by atoms with E-state index in [0.717, 1.165) is 16.5 Å². The SMILES string of the molecule is CC.CC.Cc1ccc(OCc2sc(-c3ccc(C(F)(F)F)c(F)c3)nc2C)cc1CC(=O)O. The van der Waals surface area contributed by atoms with Gasteiger partial charge in [-0.25, -0.2) is 9.37 Å². The zero-order valence-electron chi connectivity index (χ0n) is 20.0. The lowest BCUT2D eigenvalue weighted by atomic mass is 10.1. The molecule has 0 atom stereocenters. The van der Waals surface area contributed by atoms with Gasteiger partial charge in [-0.15, -0.1) is 11.3 Å². The van der Waals surface area contributed by atoms with Crippen molar-refractivity contribution >= 4 is 17.3 Å². The predicted octanol–water partition coefficient (Wildman–Crippen LogP) is 7.84. The van der Waals surface area contributed by atoms with Gasteiger partial charge in [0.15, 0.2) is 0 Å². The number of benzene rings is 2. The molecule has 0 fully saturated rings. The fourth-order valence-corrected chi connectivity index (χ4v) is 3.78.